The lowest BCUT2D eigenvalue weighted by Gasteiger charge is -2.38. The van der Waals surface area contributed by atoms with E-state index in [-0.39, 0.29) is 0 Å². The fourth-order valence-electron chi connectivity index (χ4n) is 1.66. The van der Waals surface area contributed by atoms with E-state index in [1.165, 1.54) is 5.69 Å². The van der Waals surface area contributed by atoms with Crippen LogP contribution in [0.2, 0.25) is 0 Å². The van der Waals surface area contributed by atoms with Gasteiger partial charge in [-0.2, -0.15) is 0 Å². The summed E-state index contributed by atoms with van der Waals surface area (Å²) >= 11 is 1.73. The molecular formula is C10H17N3S. The summed E-state index contributed by atoms with van der Waals surface area (Å²) in [6.07, 6.45) is 0. The van der Waals surface area contributed by atoms with Crippen LogP contribution in [-0.4, -0.2) is 36.1 Å². The van der Waals surface area contributed by atoms with Crippen molar-refractivity contribution in [3.8, 4) is 0 Å². The second kappa shape index (κ2) is 3.96. The van der Waals surface area contributed by atoms with Gasteiger partial charge in [-0.1, -0.05) is 0 Å². The maximum atomic E-state index is 4.53. The van der Waals surface area contributed by atoms with Crippen LogP contribution < -0.4 is 5.32 Å². The number of hydrogen-bond acceptors (Lipinski definition) is 4. The molecular weight excluding hydrogens is 194 g/mol. The lowest BCUT2D eigenvalue weighted by molar-refractivity contribution is 0.134. The maximum Gasteiger partial charge on any atom is 0.0898 e. The van der Waals surface area contributed by atoms with Crippen molar-refractivity contribution in [3.63, 3.8) is 0 Å². The first-order chi connectivity index (χ1) is 6.68. The molecule has 78 valence electrons. The van der Waals surface area contributed by atoms with Crippen LogP contribution in [0.25, 0.3) is 0 Å². The molecule has 1 fully saturated rings. The Balaban J connectivity index is 2.03. The molecule has 14 heavy (non-hydrogen) atoms. The van der Waals surface area contributed by atoms with E-state index in [0.717, 1.165) is 18.1 Å². The van der Waals surface area contributed by atoms with E-state index in [1.54, 1.807) is 11.3 Å². The van der Waals surface area contributed by atoms with Crippen LogP contribution in [0.5, 0.6) is 0 Å². The van der Waals surface area contributed by atoms with Gasteiger partial charge in [0.25, 0.3) is 0 Å². The number of thiazole rings is 1. The van der Waals surface area contributed by atoms with Gasteiger partial charge in [-0.3, -0.25) is 4.90 Å². The fraction of sp³-hybridized carbons (Fsp3) is 0.700. The van der Waals surface area contributed by atoms with Crippen molar-refractivity contribution >= 4 is 11.3 Å². The van der Waals surface area contributed by atoms with Crippen LogP contribution in [0.4, 0.5) is 0 Å². The lowest BCUT2D eigenvalue weighted by atomic mass is 10.1. The predicted octanol–water partition coefficient (Wildman–Crippen LogP) is 1.42. The Labute approximate surface area is 89.1 Å². The molecule has 4 heteroatoms. The largest absolute Gasteiger partial charge is 0.314 e. The van der Waals surface area contributed by atoms with E-state index >= 15 is 0 Å². The van der Waals surface area contributed by atoms with Crippen LogP contribution in [0.3, 0.4) is 0 Å². The van der Waals surface area contributed by atoms with Crippen molar-refractivity contribution in [2.75, 3.05) is 20.1 Å². The molecule has 0 saturated carbocycles. The molecule has 1 aromatic heterocycles. The first-order valence-electron chi connectivity index (χ1n) is 5.03. The summed E-state index contributed by atoms with van der Waals surface area (Å²) in [5, 5.41) is 6.62. The Kier molecular flexibility index (Phi) is 2.85. The Morgan fingerprint density at radius 1 is 1.64 bits per heavy atom. The van der Waals surface area contributed by atoms with Crippen molar-refractivity contribution in [2.24, 2.45) is 0 Å². The molecule has 1 aromatic rings. The molecule has 0 amide bonds. The highest BCUT2D eigenvalue weighted by Gasteiger charge is 2.26. The molecule has 1 aliphatic rings. The van der Waals surface area contributed by atoms with Crippen molar-refractivity contribution in [3.05, 3.63) is 16.1 Å². The average Bonchev–Trinajstić information content (AvgIpc) is 2.47. The van der Waals surface area contributed by atoms with Crippen molar-refractivity contribution < 1.29 is 0 Å². The van der Waals surface area contributed by atoms with Crippen LogP contribution in [0.1, 0.15) is 23.7 Å². The first-order valence-corrected chi connectivity index (χ1v) is 5.91. The number of nitrogens with zero attached hydrogens (tertiary/aromatic N) is 2. The first kappa shape index (κ1) is 10.1. The van der Waals surface area contributed by atoms with Gasteiger partial charge >= 0.3 is 0 Å². The summed E-state index contributed by atoms with van der Waals surface area (Å²) in [5.74, 6) is 0. The monoisotopic (exact) mass is 211 g/mol. The zero-order valence-electron chi connectivity index (χ0n) is 8.95. The van der Waals surface area contributed by atoms with Gasteiger partial charge in [0.15, 0.2) is 0 Å². The van der Waals surface area contributed by atoms with E-state index < -0.39 is 0 Å². The highest BCUT2D eigenvalue weighted by atomic mass is 32.1. The number of aromatic nitrogens is 1. The van der Waals surface area contributed by atoms with E-state index in [4.69, 9.17) is 0 Å². The minimum absolute atomic E-state index is 0.437. The summed E-state index contributed by atoms with van der Waals surface area (Å²) in [5.41, 5.74) is 1.21. The molecule has 1 N–H and O–H groups in total. The van der Waals surface area contributed by atoms with Gasteiger partial charge in [0.1, 0.15) is 0 Å². The Bertz CT molecular complexity index is 306. The summed E-state index contributed by atoms with van der Waals surface area (Å²) in [4.78, 5) is 6.94. The van der Waals surface area contributed by atoms with Gasteiger partial charge in [0.05, 0.1) is 16.7 Å². The molecule has 1 atom stereocenters. The van der Waals surface area contributed by atoms with Crippen molar-refractivity contribution in [2.45, 2.75) is 25.9 Å². The van der Waals surface area contributed by atoms with Crippen LogP contribution >= 0.6 is 11.3 Å². The van der Waals surface area contributed by atoms with Crippen molar-refractivity contribution in [1.82, 2.24) is 15.2 Å². The number of rotatable bonds is 3. The zero-order valence-corrected chi connectivity index (χ0v) is 9.77. The number of aryl methyl sites for hydroxylation is 1. The van der Waals surface area contributed by atoms with Gasteiger partial charge in [0, 0.05) is 24.5 Å². The second-order valence-corrected chi connectivity index (χ2v) is 5.01. The predicted molar refractivity (Wildman–Crippen MR) is 59.7 cm³/mol. The van der Waals surface area contributed by atoms with E-state index in [1.807, 2.05) is 0 Å². The molecule has 1 unspecified atom stereocenters. The highest BCUT2D eigenvalue weighted by molar-refractivity contribution is 7.09. The molecule has 0 spiro atoms. The van der Waals surface area contributed by atoms with Gasteiger partial charge in [-0.05, 0) is 20.9 Å². The van der Waals surface area contributed by atoms with Crippen LogP contribution in [0, 0.1) is 6.92 Å². The van der Waals surface area contributed by atoms with Gasteiger partial charge < -0.3 is 5.32 Å². The van der Waals surface area contributed by atoms with Gasteiger partial charge in [-0.25, -0.2) is 4.98 Å². The Morgan fingerprint density at radius 3 is 2.79 bits per heavy atom. The van der Waals surface area contributed by atoms with Crippen LogP contribution in [-0.2, 0) is 0 Å². The number of hydrogen-bond donors (Lipinski definition) is 1. The molecule has 2 rings (SSSR count). The third kappa shape index (κ3) is 1.82. The smallest absolute Gasteiger partial charge is 0.0898 e. The van der Waals surface area contributed by atoms with E-state index in [2.05, 4.69) is 41.5 Å². The summed E-state index contributed by atoms with van der Waals surface area (Å²) in [6.45, 7) is 6.52. The SMILES string of the molecule is Cc1nc(C(C)N(C)C2CNC2)cs1. The average molecular weight is 211 g/mol. The quantitative estimate of drug-likeness (QED) is 0.819. The number of nitrogens with one attached hydrogen (secondary N) is 1. The molecule has 1 saturated heterocycles. The van der Waals surface area contributed by atoms with Gasteiger partial charge in [0.2, 0.25) is 0 Å². The summed E-state index contributed by atoms with van der Waals surface area (Å²) in [6, 6.07) is 1.12. The third-order valence-electron chi connectivity index (χ3n) is 3.01. The van der Waals surface area contributed by atoms with Crippen molar-refractivity contribution in [1.29, 1.82) is 0 Å². The lowest BCUT2D eigenvalue weighted by Crippen LogP contribution is -2.56. The molecule has 1 aliphatic heterocycles. The molecule has 0 radical (unpaired) electrons. The highest BCUT2D eigenvalue weighted by Crippen LogP contribution is 2.23. The van der Waals surface area contributed by atoms with E-state index in [0.29, 0.717) is 12.1 Å². The third-order valence-corrected chi connectivity index (χ3v) is 3.80. The van der Waals surface area contributed by atoms with E-state index in [9.17, 15) is 0 Å². The number of likely N-dealkylation sites (N-methyl/N-ethyl adjacent to an activating group) is 1. The Hall–Kier alpha value is -0.450. The summed E-state index contributed by atoms with van der Waals surface area (Å²) < 4.78 is 0. The standard InChI is InChI=1S/C10H17N3S/c1-7(10-6-14-8(2)12-10)13(3)9-4-11-5-9/h6-7,9,11H,4-5H2,1-3H3. The minimum Gasteiger partial charge on any atom is -0.314 e. The second-order valence-electron chi connectivity index (χ2n) is 3.94. The minimum atomic E-state index is 0.437. The van der Waals surface area contributed by atoms with Crippen LogP contribution in [0.15, 0.2) is 5.38 Å². The zero-order chi connectivity index (χ0) is 10.1. The molecule has 3 nitrogen and oxygen atoms in total. The summed E-state index contributed by atoms with van der Waals surface area (Å²) in [7, 11) is 2.19. The fourth-order valence-corrected chi connectivity index (χ4v) is 2.36. The topological polar surface area (TPSA) is 28.2 Å². The molecule has 0 aromatic carbocycles. The molecule has 2 heterocycles. The van der Waals surface area contributed by atoms with Gasteiger partial charge in [-0.15, -0.1) is 11.3 Å². The normalized spacial score (nSPS) is 19.7. The molecule has 0 aliphatic carbocycles. The molecule has 0 bridgehead atoms. The maximum absolute atomic E-state index is 4.53. The Morgan fingerprint density at radius 2 is 2.36 bits per heavy atom.